The van der Waals surface area contributed by atoms with Crippen molar-refractivity contribution in [2.24, 2.45) is 0 Å². The van der Waals surface area contributed by atoms with Crippen LogP contribution in [0.3, 0.4) is 0 Å². The molecule has 0 saturated carbocycles. The number of rotatable bonds is 7. The fourth-order valence-corrected chi connectivity index (χ4v) is 2.90. The molecule has 0 aromatic heterocycles. The van der Waals surface area contributed by atoms with Crippen molar-refractivity contribution in [2.45, 2.75) is 44.0 Å². The molecule has 0 heterocycles. The number of unbranched alkanes of at least 4 members (excludes halogenated alkanes) is 1. The van der Waals surface area contributed by atoms with Gasteiger partial charge in [-0.3, -0.25) is 0 Å². The molecule has 0 amide bonds. The van der Waals surface area contributed by atoms with E-state index in [1.807, 2.05) is 13.8 Å². The molecule has 1 aromatic rings. The molecule has 18 heavy (non-hydrogen) atoms. The van der Waals surface area contributed by atoms with Crippen molar-refractivity contribution in [1.29, 1.82) is 0 Å². The van der Waals surface area contributed by atoms with E-state index in [-0.39, 0.29) is 11.5 Å². The summed E-state index contributed by atoms with van der Waals surface area (Å²) >= 11 is 0. The molecular weight excluding hydrogens is 250 g/mol. The summed E-state index contributed by atoms with van der Waals surface area (Å²) in [5.74, 6) is 0. The highest BCUT2D eigenvalue weighted by molar-refractivity contribution is 7.89. The van der Waals surface area contributed by atoms with E-state index in [1.54, 1.807) is 24.3 Å². The van der Waals surface area contributed by atoms with Crippen LogP contribution < -0.4 is 4.72 Å². The molecule has 5 heteroatoms. The van der Waals surface area contributed by atoms with Crippen molar-refractivity contribution in [2.75, 3.05) is 6.61 Å². The Morgan fingerprint density at radius 1 is 1.28 bits per heavy atom. The summed E-state index contributed by atoms with van der Waals surface area (Å²) in [5.41, 5.74) is 1.01. The Morgan fingerprint density at radius 3 is 2.39 bits per heavy atom. The van der Waals surface area contributed by atoms with Gasteiger partial charge in [0, 0.05) is 6.04 Å². The number of hydrogen-bond acceptors (Lipinski definition) is 3. The molecule has 0 spiro atoms. The lowest BCUT2D eigenvalue weighted by Gasteiger charge is -2.16. The molecule has 0 radical (unpaired) electrons. The molecule has 0 aliphatic rings. The summed E-state index contributed by atoms with van der Waals surface area (Å²) in [6.07, 6.45) is 2.52. The van der Waals surface area contributed by atoms with Gasteiger partial charge in [0.15, 0.2) is 0 Å². The first-order valence-electron chi connectivity index (χ1n) is 6.19. The van der Waals surface area contributed by atoms with Crippen LogP contribution in [0, 0.1) is 6.92 Å². The summed E-state index contributed by atoms with van der Waals surface area (Å²) in [6.45, 7) is 3.76. The minimum atomic E-state index is -3.53. The van der Waals surface area contributed by atoms with E-state index in [2.05, 4.69) is 4.72 Å². The minimum Gasteiger partial charge on any atom is -0.395 e. The van der Waals surface area contributed by atoms with E-state index in [9.17, 15) is 13.5 Å². The van der Waals surface area contributed by atoms with E-state index in [1.165, 1.54) is 0 Å². The summed E-state index contributed by atoms with van der Waals surface area (Å²) in [4.78, 5) is 0.239. The first kappa shape index (κ1) is 15.1. The molecule has 1 aromatic carbocycles. The third-order valence-electron chi connectivity index (χ3n) is 2.78. The second-order valence-corrected chi connectivity index (χ2v) is 6.17. The summed E-state index contributed by atoms with van der Waals surface area (Å²) in [5, 5.41) is 9.18. The molecule has 0 fully saturated rings. The van der Waals surface area contributed by atoms with Gasteiger partial charge in [0.1, 0.15) is 0 Å². The van der Waals surface area contributed by atoms with Crippen LogP contribution >= 0.6 is 0 Å². The van der Waals surface area contributed by atoms with Crippen LogP contribution in [0.1, 0.15) is 31.7 Å². The highest BCUT2D eigenvalue weighted by Gasteiger charge is 2.18. The summed E-state index contributed by atoms with van der Waals surface area (Å²) in [7, 11) is -3.53. The van der Waals surface area contributed by atoms with Gasteiger partial charge in [0.05, 0.1) is 11.5 Å². The molecule has 0 unspecified atom stereocenters. The Kier molecular flexibility index (Phi) is 5.78. The van der Waals surface area contributed by atoms with Gasteiger partial charge in [-0.25, -0.2) is 13.1 Å². The van der Waals surface area contributed by atoms with E-state index in [4.69, 9.17) is 0 Å². The number of sulfonamides is 1. The number of hydrogen-bond donors (Lipinski definition) is 2. The maximum Gasteiger partial charge on any atom is 0.240 e. The van der Waals surface area contributed by atoms with E-state index < -0.39 is 16.1 Å². The van der Waals surface area contributed by atoms with Crippen LogP contribution in [0.5, 0.6) is 0 Å². The highest BCUT2D eigenvalue weighted by Crippen LogP contribution is 2.12. The zero-order chi connectivity index (χ0) is 13.6. The molecule has 2 N–H and O–H groups in total. The molecule has 0 saturated heterocycles. The molecule has 0 aliphatic carbocycles. The van der Waals surface area contributed by atoms with Gasteiger partial charge in [0.2, 0.25) is 10.0 Å². The monoisotopic (exact) mass is 271 g/mol. The number of benzene rings is 1. The number of nitrogens with one attached hydrogen (secondary N) is 1. The third-order valence-corrected chi connectivity index (χ3v) is 4.32. The Labute approximate surface area is 109 Å². The van der Waals surface area contributed by atoms with Crippen LogP contribution in [-0.4, -0.2) is 26.2 Å². The predicted molar refractivity (Wildman–Crippen MR) is 71.9 cm³/mol. The summed E-state index contributed by atoms with van der Waals surface area (Å²) in [6, 6.07) is 6.26. The Bertz CT molecular complexity index is 454. The average Bonchev–Trinajstić information content (AvgIpc) is 2.35. The summed E-state index contributed by atoms with van der Waals surface area (Å²) < 4.78 is 26.6. The molecule has 102 valence electrons. The van der Waals surface area contributed by atoms with Crippen LogP contribution in [0.2, 0.25) is 0 Å². The van der Waals surface area contributed by atoms with Crippen LogP contribution in [-0.2, 0) is 10.0 Å². The maximum atomic E-state index is 12.1. The van der Waals surface area contributed by atoms with Crippen molar-refractivity contribution in [1.82, 2.24) is 4.72 Å². The average molecular weight is 271 g/mol. The predicted octanol–water partition coefficient (Wildman–Crippen LogP) is 1.82. The fourth-order valence-electron chi connectivity index (χ4n) is 1.64. The Hall–Kier alpha value is -0.910. The van der Waals surface area contributed by atoms with Crippen molar-refractivity contribution in [3.63, 3.8) is 0 Å². The van der Waals surface area contributed by atoms with E-state index in [0.29, 0.717) is 6.42 Å². The van der Waals surface area contributed by atoms with Crippen molar-refractivity contribution in [3.8, 4) is 0 Å². The molecule has 0 aliphatic heterocycles. The van der Waals surface area contributed by atoms with Gasteiger partial charge in [0.25, 0.3) is 0 Å². The molecular formula is C13H21NO3S. The third kappa shape index (κ3) is 4.40. The molecule has 1 atom stereocenters. The normalized spacial score (nSPS) is 13.5. The van der Waals surface area contributed by atoms with Gasteiger partial charge in [-0.1, -0.05) is 37.5 Å². The largest absolute Gasteiger partial charge is 0.395 e. The van der Waals surface area contributed by atoms with Crippen LogP contribution in [0.25, 0.3) is 0 Å². The topological polar surface area (TPSA) is 66.4 Å². The van der Waals surface area contributed by atoms with Crippen LogP contribution in [0.4, 0.5) is 0 Å². The maximum absolute atomic E-state index is 12.1. The minimum absolute atomic E-state index is 0.176. The quantitative estimate of drug-likeness (QED) is 0.795. The standard InChI is InChI=1S/C13H21NO3S/c1-3-4-5-12(10-15)14-18(16,17)13-8-6-11(2)7-9-13/h6-9,12,14-15H,3-5,10H2,1-2H3/t12-/m1/s1. The van der Waals surface area contributed by atoms with Gasteiger partial charge in [-0.15, -0.1) is 0 Å². The Morgan fingerprint density at radius 2 is 1.89 bits per heavy atom. The number of aliphatic hydroxyl groups is 1. The van der Waals surface area contributed by atoms with Gasteiger partial charge in [-0.2, -0.15) is 0 Å². The lowest BCUT2D eigenvalue weighted by molar-refractivity contribution is 0.248. The molecule has 0 bridgehead atoms. The smallest absolute Gasteiger partial charge is 0.240 e. The lowest BCUT2D eigenvalue weighted by atomic mass is 10.1. The van der Waals surface area contributed by atoms with Gasteiger partial charge >= 0.3 is 0 Å². The van der Waals surface area contributed by atoms with Crippen molar-refractivity contribution in [3.05, 3.63) is 29.8 Å². The van der Waals surface area contributed by atoms with Crippen LogP contribution in [0.15, 0.2) is 29.2 Å². The lowest BCUT2D eigenvalue weighted by Crippen LogP contribution is -2.37. The number of aliphatic hydroxyl groups excluding tert-OH is 1. The fraction of sp³-hybridized carbons (Fsp3) is 0.538. The Balaban J connectivity index is 2.77. The van der Waals surface area contributed by atoms with Gasteiger partial charge < -0.3 is 5.11 Å². The highest BCUT2D eigenvalue weighted by atomic mass is 32.2. The van der Waals surface area contributed by atoms with E-state index in [0.717, 1.165) is 18.4 Å². The first-order chi connectivity index (χ1) is 8.49. The molecule has 4 nitrogen and oxygen atoms in total. The van der Waals surface area contributed by atoms with Crippen molar-refractivity contribution < 1.29 is 13.5 Å². The first-order valence-corrected chi connectivity index (χ1v) is 7.67. The van der Waals surface area contributed by atoms with E-state index >= 15 is 0 Å². The number of aryl methyl sites for hydroxylation is 1. The second-order valence-electron chi connectivity index (χ2n) is 4.46. The second kappa shape index (κ2) is 6.87. The van der Waals surface area contributed by atoms with Crippen molar-refractivity contribution >= 4 is 10.0 Å². The SMILES string of the molecule is CCCC[C@H](CO)NS(=O)(=O)c1ccc(C)cc1. The van der Waals surface area contributed by atoms with Gasteiger partial charge in [-0.05, 0) is 25.5 Å². The zero-order valence-electron chi connectivity index (χ0n) is 10.9. The zero-order valence-corrected chi connectivity index (χ0v) is 11.7. The molecule has 1 rings (SSSR count).